The fourth-order valence-electron chi connectivity index (χ4n) is 4.62. The van der Waals surface area contributed by atoms with Gasteiger partial charge in [-0.3, -0.25) is 4.79 Å². The van der Waals surface area contributed by atoms with Gasteiger partial charge in [-0.2, -0.15) is 0 Å². The number of fused-ring (bicyclic) bond motifs is 3. The summed E-state index contributed by atoms with van der Waals surface area (Å²) in [4.78, 5) is 16.3. The van der Waals surface area contributed by atoms with Crippen molar-refractivity contribution in [1.29, 1.82) is 0 Å². The Morgan fingerprint density at radius 1 is 1.36 bits per heavy atom. The lowest BCUT2D eigenvalue weighted by atomic mass is 9.86. The quantitative estimate of drug-likeness (QED) is 0.711. The number of rotatable bonds is 6. The van der Waals surface area contributed by atoms with Gasteiger partial charge in [0.1, 0.15) is 12.2 Å². The maximum absolute atomic E-state index is 12.6. The van der Waals surface area contributed by atoms with E-state index < -0.39 is 5.60 Å². The number of aromatic nitrogens is 1. The summed E-state index contributed by atoms with van der Waals surface area (Å²) in [5, 5.41) is 4.64. The molecular formula is C22H31ClN2O3. The number of ether oxygens (including phenoxy) is 2. The number of benzene rings is 1. The molecule has 0 radical (unpaired) electrons. The van der Waals surface area contributed by atoms with Gasteiger partial charge in [0.25, 0.3) is 0 Å². The summed E-state index contributed by atoms with van der Waals surface area (Å²) in [6.07, 6.45) is 5.10. The molecule has 0 saturated carbocycles. The number of nitrogens with one attached hydrogen (secondary N) is 2. The summed E-state index contributed by atoms with van der Waals surface area (Å²) in [6, 6.07) is 6.78. The maximum Gasteiger partial charge on any atom is 0.309 e. The molecule has 1 aromatic heterocycles. The Morgan fingerprint density at radius 3 is 2.93 bits per heavy atom. The monoisotopic (exact) mass is 406 g/mol. The first-order valence-electron chi connectivity index (χ1n) is 10.3. The number of hydrogen-bond donors (Lipinski definition) is 2. The average Bonchev–Trinajstić information content (AvgIpc) is 3.34. The number of H-pyrrole nitrogens is 1. The highest BCUT2D eigenvalue weighted by Crippen LogP contribution is 2.42. The molecule has 0 aliphatic carbocycles. The Labute approximate surface area is 173 Å². The van der Waals surface area contributed by atoms with E-state index >= 15 is 0 Å². The fraction of sp³-hybridized carbons (Fsp3) is 0.591. The lowest BCUT2D eigenvalue weighted by molar-refractivity contribution is -0.155. The molecule has 4 rings (SSSR count). The summed E-state index contributed by atoms with van der Waals surface area (Å²) in [5.41, 5.74) is 4.26. The normalized spacial score (nSPS) is 24.0. The maximum atomic E-state index is 12.6. The van der Waals surface area contributed by atoms with Gasteiger partial charge >= 0.3 is 5.97 Å². The van der Waals surface area contributed by atoms with E-state index in [1.165, 1.54) is 22.0 Å². The van der Waals surface area contributed by atoms with E-state index in [1.807, 2.05) is 0 Å². The second-order valence-electron chi connectivity index (χ2n) is 7.77. The van der Waals surface area contributed by atoms with Crippen LogP contribution in [0.2, 0.25) is 0 Å². The number of esters is 1. The number of para-hydroxylation sites is 1. The first-order chi connectivity index (χ1) is 13.2. The largest absolute Gasteiger partial charge is 0.464 e. The first kappa shape index (κ1) is 21.2. The molecule has 5 nitrogen and oxygen atoms in total. The molecule has 1 aromatic carbocycles. The molecule has 2 aromatic rings. The molecule has 1 saturated heterocycles. The first-order valence-corrected chi connectivity index (χ1v) is 10.3. The SMILES string of the molecule is CCc1cccc2c3c([nH]c12)C(CC)(CC(=O)OCC1CCCN1)OCC3.Cl. The van der Waals surface area contributed by atoms with Crippen molar-refractivity contribution in [3.8, 4) is 0 Å². The molecule has 3 heterocycles. The predicted molar refractivity (Wildman–Crippen MR) is 113 cm³/mol. The average molecular weight is 407 g/mol. The number of hydrogen-bond acceptors (Lipinski definition) is 4. The third-order valence-electron chi connectivity index (χ3n) is 6.20. The zero-order valence-electron chi connectivity index (χ0n) is 16.8. The van der Waals surface area contributed by atoms with Crippen LogP contribution >= 0.6 is 12.4 Å². The summed E-state index contributed by atoms with van der Waals surface area (Å²) < 4.78 is 11.8. The van der Waals surface area contributed by atoms with Crippen molar-refractivity contribution in [2.45, 2.75) is 64.0 Å². The Hall–Kier alpha value is -1.56. The number of carbonyl (C=O) groups excluding carboxylic acids is 1. The highest BCUT2D eigenvalue weighted by Gasteiger charge is 2.41. The molecule has 2 N–H and O–H groups in total. The highest BCUT2D eigenvalue weighted by molar-refractivity contribution is 5.88. The molecule has 6 heteroatoms. The Morgan fingerprint density at radius 2 is 2.21 bits per heavy atom. The molecule has 2 aliphatic rings. The van der Waals surface area contributed by atoms with E-state index in [4.69, 9.17) is 9.47 Å². The summed E-state index contributed by atoms with van der Waals surface area (Å²) >= 11 is 0. The molecule has 2 aliphatic heterocycles. The number of aryl methyl sites for hydroxylation is 1. The van der Waals surface area contributed by atoms with Gasteiger partial charge in [-0.1, -0.05) is 32.0 Å². The van der Waals surface area contributed by atoms with Crippen LogP contribution in [0.25, 0.3) is 10.9 Å². The number of carbonyl (C=O) groups is 1. The van der Waals surface area contributed by atoms with Crippen molar-refractivity contribution < 1.29 is 14.3 Å². The van der Waals surface area contributed by atoms with Crippen molar-refractivity contribution in [3.63, 3.8) is 0 Å². The van der Waals surface area contributed by atoms with Crippen LogP contribution in [0.3, 0.4) is 0 Å². The van der Waals surface area contributed by atoms with Crippen LogP contribution in [0.1, 0.15) is 56.4 Å². The van der Waals surface area contributed by atoms with E-state index in [2.05, 4.69) is 42.3 Å². The lowest BCUT2D eigenvalue weighted by Gasteiger charge is -2.36. The van der Waals surface area contributed by atoms with E-state index in [9.17, 15) is 4.79 Å². The lowest BCUT2D eigenvalue weighted by Crippen LogP contribution is -2.38. The van der Waals surface area contributed by atoms with Crippen molar-refractivity contribution in [1.82, 2.24) is 10.3 Å². The molecule has 0 spiro atoms. The topological polar surface area (TPSA) is 63.4 Å². The van der Waals surface area contributed by atoms with Crippen molar-refractivity contribution >= 4 is 29.3 Å². The van der Waals surface area contributed by atoms with Crippen LogP contribution in [-0.4, -0.2) is 36.8 Å². The Balaban J connectivity index is 0.00000225. The fourth-order valence-corrected chi connectivity index (χ4v) is 4.62. The van der Waals surface area contributed by atoms with Crippen molar-refractivity contribution in [3.05, 3.63) is 35.0 Å². The van der Waals surface area contributed by atoms with E-state index in [1.54, 1.807) is 0 Å². The second kappa shape index (κ2) is 8.85. The van der Waals surface area contributed by atoms with Gasteiger partial charge in [0.15, 0.2) is 0 Å². The van der Waals surface area contributed by atoms with Crippen molar-refractivity contribution in [2.24, 2.45) is 0 Å². The van der Waals surface area contributed by atoms with Gasteiger partial charge in [0, 0.05) is 16.9 Å². The van der Waals surface area contributed by atoms with E-state index in [-0.39, 0.29) is 24.8 Å². The predicted octanol–water partition coefficient (Wildman–Crippen LogP) is 4.02. The third-order valence-corrected chi connectivity index (χ3v) is 6.20. The minimum Gasteiger partial charge on any atom is -0.464 e. The van der Waals surface area contributed by atoms with Gasteiger partial charge in [0.05, 0.1) is 18.7 Å². The molecule has 0 bridgehead atoms. The zero-order valence-corrected chi connectivity index (χ0v) is 17.6. The Bertz CT molecular complexity index is 829. The molecule has 154 valence electrons. The van der Waals surface area contributed by atoms with Gasteiger partial charge in [0.2, 0.25) is 0 Å². The zero-order chi connectivity index (χ0) is 18.9. The van der Waals surface area contributed by atoms with Gasteiger partial charge < -0.3 is 19.8 Å². The van der Waals surface area contributed by atoms with Crippen LogP contribution in [-0.2, 0) is 32.7 Å². The molecule has 1 fully saturated rings. The second-order valence-corrected chi connectivity index (χ2v) is 7.77. The summed E-state index contributed by atoms with van der Waals surface area (Å²) in [5.74, 6) is -0.173. The summed E-state index contributed by atoms with van der Waals surface area (Å²) in [6.45, 7) is 6.38. The van der Waals surface area contributed by atoms with Gasteiger partial charge in [-0.25, -0.2) is 0 Å². The van der Waals surface area contributed by atoms with Crippen LogP contribution in [0.4, 0.5) is 0 Å². The molecule has 0 amide bonds. The number of aromatic amines is 1. The Kier molecular flexibility index (Phi) is 6.69. The minimum absolute atomic E-state index is 0. The van der Waals surface area contributed by atoms with Gasteiger partial charge in [-0.05, 0) is 49.8 Å². The van der Waals surface area contributed by atoms with E-state index in [0.717, 1.165) is 44.3 Å². The number of halogens is 1. The van der Waals surface area contributed by atoms with Gasteiger partial charge in [-0.15, -0.1) is 12.4 Å². The van der Waals surface area contributed by atoms with Crippen LogP contribution < -0.4 is 5.32 Å². The molecule has 28 heavy (non-hydrogen) atoms. The van der Waals surface area contributed by atoms with Crippen LogP contribution in [0.15, 0.2) is 18.2 Å². The minimum atomic E-state index is -0.613. The molecule has 2 unspecified atom stereocenters. The molecular weight excluding hydrogens is 376 g/mol. The van der Waals surface area contributed by atoms with Crippen LogP contribution in [0.5, 0.6) is 0 Å². The van der Waals surface area contributed by atoms with Crippen LogP contribution in [0, 0.1) is 0 Å². The third kappa shape index (κ3) is 3.80. The summed E-state index contributed by atoms with van der Waals surface area (Å²) in [7, 11) is 0. The highest BCUT2D eigenvalue weighted by atomic mass is 35.5. The smallest absolute Gasteiger partial charge is 0.309 e. The van der Waals surface area contributed by atoms with Crippen molar-refractivity contribution in [2.75, 3.05) is 19.8 Å². The molecule has 2 atom stereocenters. The standard InChI is InChI=1S/C22H30N2O3.ClH/c1-3-15-7-5-9-17-18-10-12-27-22(4-2,21(18)24-20(15)17)13-19(25)26-14-16-8-6-11-23-16;/h5,7,9,16,23-24H,3-4,6,8,10-14H2,1-2H3;1H. The van der Waals surface area contributed by atoms with E-state index in [0.29, 0.717) is 19.3 Å².